The summed E-state index contributed by atoms with van der Waals surface area (Å²) in [6, 6.07) is 68.8. The number of nitrogens with zero attached hydrogens (tertiary/aromatic N) is 20. The van der Waals surface area contributed by atoms with Crippen LogP contribution < -0.4 is 41.9 Å². The number of allylic oxidation sites excluding steroid dienone is 1. The summed E-state index contributed by atoms with van der Waals surface area (Å²) in [5, 5.41) is 23.3. The largest absolute Gasteiger partial charge is 0.457 e. The number of carbonyl (C=O) groups is 3. The summed E-state index contributed by atoms with van der Waals surface area (Å²) in [5.41, 5.74) is 33.8. The van der Waals surface area contributed by atoms with Crippen molar-refractivity contribution in [3.63, 3.8) is 0 Å². The molecule has 12 heterocycles. The van der Waals surface area contributed by atoms with Gasteiger partial charge in [0.15, 0.2) is 22.6 Å². The van der Waals surface area contributed by atoms with Crippen LogP contribution in [0.2, 0.25) is 0 Å². The first-order valence-electron chi connectivity index (χ1n) is 43.9. The number of hydrogen-bond donors (Lipinski definition) is 4. The zero-order valence-corrected chi connectivity index (χ0v) is 74.2. The molecular formula is C100H96N24O9S. The van der Waals surface area contributed by atoms with Gasteiger partial charge in [-0.3, -0.25) is 14.4 Å². The van der Waals surface area contributed by atoms with Gasteiger partial charge in [0.1, 0.15) is 117 Å². The fourth-order valence-electron chi connectivity index (χ4n) is 17.0. The summed E-state index contributed by atoms with van der Waals surface area (Å²) in [6.07, 6.45) is 22.6. The van der Waals surface area contributed by atoms with Crippen molar-refractivity contribution in [2.75, 3.05) is 75.3 Å². The third kappa shape index (κ3) is 19.9. The minimum absolute atomic E-state index is 0.00566. The highest BCUT2D eigenvalue weighted by atomic mass is 32.2. The Morgan fingerprint density at radius 3 is 0.925 bits per heavy atom. The van der Waals surface area contributed by atoms with Crippen LogP contribution in [0.4, 0.5) is 23.3 Å². The van der Waals surface area contributed by atoms with Crippen LogP contribution in [0.1, 0.15) is 82.5 Å². The smallest absolute Gasteiger partial charge is 0.298 e. The maximum atomic E-state index is 12.4. The molecule has 8 N–H and O–H groups in total. The van der Waals surface area contributed by atoms with E-state index in [1.807, 2.05) is 244 Å². The van der Waals surface area contributed by atoms with E-state index in [1.54, 1.807) is 26.6 Å². The summed E-state index contributed by atoms with van der Waals surface area (Å²) >= 11 is 0. The van der Waals surface area contributed by atoms with Crippen LogP contribution >= 0.6 is 0 Å². The molecule has 0 aliphatic carbocycles. The third-order valence-corrected chi connectivity index (χ3v) is 25.0. The first-order chi connectivity index (χ1) is 65.4. The molecule has 4 saturated heterocycles. The highest BCUT2D eigenvalue weighted by Gasteiger charge is 2.35. The number of hydrogen-bond acceptors (Lipinski definition) is 25. The molecule has 3 amide bonds. The predicted molar refractivity (Wildman–Crippen MR) is 514 cm³/mol. The van der Waals surface area contributed by atoms with Gasteiger partial charge >= 0.3 is 0 Å². The van der Waals surface area contributed by atoms with Crippen molar-refractivity contribution in [1.82, 2.24) is 98.0 Å². The van der Waals surface area contributed by atoms with Crippen molar-refractivity contribution >= 4 is 95.1 Å². The van der Waals surface area contributed by atoms with Gasteiger partial charge in [-0.15, -0.1) is 6.42 Å². The van der Waals surface area contributed by atoms with Crippen LogP contribution in [0.5, 0.6) is 46.0 Å². The number of ether oxygens (including phenoxy) is 4. The molecule has 0 saturated carbocycles. The maximum absolute atomic E-state index is 12.4. The Morgan fingerprint density at radius 1 is 0.373 bits per heavy atom. The van der Waals surface area contributed by atoms with Gasteiger partial charge in [0.25, 0.3) is 5.91 Å². The molecule has 33 nitrogen and oxygen atoms in total. The molecule has 20 rings (SSSR count). The van der Waals surface area contributed by atoms with Crippen LogP contribution in [0.15, 0.2) is 280 Å². The Hall–Kier alpha value is -16.5. The zero-order chi connectivity index (χ0) is 92.8. The number of terminal acetylenes is 1. The Kier molecular flexibility index (Phi) is 27.1. The van der Waals surface area contributed by atoms with E-state index in [0.29, 0.717) is 143 Å². The van der Waals surface area contributed by atoms with Gasteiger partial charge in [-0.2, -0.15) is 24.7 Å². The van der Waals surface area contributed by atoms with Crippen molar-refractivity contribution in [2.45, 2.75) is 82.5 Å². The van der Waals surface area contributed by atoms with Crippen molar-refractivity contribution in [2.24, 2.45) is 0 Å². The van der Waals surface area contributed by atoms with Gasteiger partial charge in [0.05, 0.1) is 45.7 Å². The Bertz CT molecular complexity index is 7110. The summed E-state index contributed by atoms with van der Waals surface area (Å²) in [4.78, 5) is 76.7. The lowest BCUT2D eigenvalue weighted by molar-refractivity contribution is -0.128. The molecule has 4 fully saturated rings. The standard InChI is InChI=1S/C26H26N6O2.C25H24N6O2.C25H22N6O2.C24H24N6O3S/c1-2-7-22(33)31-15-6-8-19(16-31)32-26-23(25(27)28-17-29-26)24(30-32)18-11-13-21(14-12-18)34-20-9-4-3-5-10-20;2*1-2-21(32)30-14-6-7-18(15-30)31-25-22(24(26)27-16-28-25)23(29-31)17-10-12-20(13-11-17)33-19-8-4-3-5-9-19;1-2-34(31,32)29-14-6-7-18(15-29)30-24-21(23(25)26-16-27-24)22(28-30)17-10-12-20(13-11-17)33-19-8-4-3-5-9-19/h2-5,7,9-14,17,19H,6,8,15-16H2,1H3,(H2,27,28,29);2-5,8-13,16,18H,1,6-7,14-15H2,(H2,26,27,28);1,3-5,8-13,16,18H,6-7,14-15H2,(H2,26,27,28);2-5,8-13,16,18H,1,6-7,14-15H2,(H2,25,26,27)/b7-2+;;;. The lowest BCUT2D eigenvalue weighted by atomic mass is 10.1. The number of carbonyl (C=O) groups excluding carboxylic acids is 3. The highest BCUT2D eigenvalue weighted by molar-refractivity contribution is 7.92. The number of amides is 3. The van der Waals surface area contributed by atoms with E-state index in [9.17, 15) is 22.8 Å². The molecule has 34 heteroatoms. The average molecular weight is 1810 g/mol. The van der Waals surface area contributed by atoms with Crippen molar-refractivity contribution in [3.05, 3.63) is 280 Å². The van der Waals surface area contributed by atoms with Gasteiger partial charge in [-0.25, -0.2) is 67.0 Å². The minimum Gasteiger partial charge on any atom is -0.457 e. The van der Waals surface area contributed by atoms with E-state index in [2.05, 4.69) is 59.0 Å². The number of para-hydroxylation sites is 4. The summed E-state index contributed by atoms with van der Waals surface area (Å²) in [7, 11) is -3.51. The average Bonchev–Trinajstić information content (AvgIpc) is 1.62. The molecule has 4 aliphatic rings. The fourth-order valence-corrected chi connectivity index (χ4v) is 18.0. The summed E-state index contributed by atoms with van der Waals surface area (Å²) in [6.45, 7) is 13.4. The quantitative estimate of drug-likeness (QED) is 0.0407. The normalized spacial score (nSPS) is 16.3. The molecule has 4 atom stereocenters. The van der Waals surface area contributed by atoms with Gasteiger partial charge in [-0.05, 0) is 222 Å². The summed E-state index contributed by atoms with van der Waals surface area (Å²) in [5.74, 6) is 9.22. The number of aromatic nitrogens is 16. The monoisotopic (exact) mass is 1810 g/mol. The van der Waals surface area contributed by atoms with Crippen LogP contribution in [-0.4, -0.2) is 176 Å². The number of piperidine rings is 4. The minimum atomic E-state index is -3.51. The molecule has 0 spiro atoms. The van der Waals surface area contributed by atoms with Crippen LogP contribution in [0.3, 0.4) is 0 Å². The third-order valence-electron chi connectivity index (χ3n) is 23.5. The van der Waals surface area contributed by atoms with Crippen LogP contribution in [-0.2, 0) is 24.4 Å². The van der Waals surface area contributed by atoms with Crippen molar-refractivity contribution in [1.29, 1.82) is 0 Å². The number of sulfonamides is 1. The SMILES string of the molecule is C#CC(=O)N1CCCC(n2nc(-c3ccc(Oc4ccccc4)cc3)c3c(N)ncnc32)C1.C/C=C/C(=O)N1CCCC(n2nc(-c3ccc(Oc4ccccc4)cc3)c3c(N)ncnc32)C1.C=CC(=O)N1CCCC(n2nc(-c3ccc(Oc4ccccc4)cc3)c3c(N)ncnc32)C1.C=CS(=O)(=O)N1CCCC(n2nc(-c3ccc(Oc4ccccc4)cc3)c3c(N)ncnc32)C1. The van der Waals surface area contributed by atoms with E-state index in [4.69, 9.17) is 68.7 Å². The second-order valence-electron chi connectivity index (χ2n) is 32.2. The van der Waals surface area contributed by atoms with E-state index in [-0.39, 0.29) is 41.9 Å². The number of likely N-dealkylation sites (tertiary alicyclic amines) is 3. The van der Waals surface area contributed by atoms with Crippen LogP contribution in [0, 0.1) is 12.3 Å². The molecule has 0 radical (unpaired) electrons. The Balaban J connectivity index is 0.000000124. The molecule has 4 aliphatic heterocycles. The van der Waals surface area contributed by atoms with Crippen LogP contribution in [0.25, 0.3) is 89.2 Å². The summed E-state index contributed by atoms with van der Waals surface area (Å²) < 4.78 is 57.2. The predicted octanol–water partition coefficient (Wildman–Crippen LogP) is 16.5. The Morgan fingerprint density at radius 2 is 0.642 bits per heavy atom. The molecular weight excluding hydrogens is 1710 g/mol. The zero-order valence-electron chi connectivity index (χ0n) is 73.4. The lowest BCUT2D eigenvalue weighted by Crippen LogP contribution is -2.40. The molecule has 16 aromatic rings. The van der Waals surface area contributed by atoms with E-state index < -0.39 is 10.0 Å². The Labute approximate surface area is 772 Å². The number of benzene rings is 8. The number of fused-ring (bicyclic) bond motifs is 4. The molecule has 0 bridgehead atoms. The number of nitrogen functional groups attached to an aromatic ring is 4. The first-order valence-corrected chi connectivity index (χ1v) is 45.4. The molecule has 4 unspecified atom stereocenters. The second kappa shape index (κ2) is 40.6. The highest BCUT2D eigenvalue weighted by Crippen LogP contribution is 2.42. The maximum Gasteiger partial charge on any atom is 0.298 e. The topological polar surface area (TPSA) is 414 Å². The molecule has 676 valence electrons. The van der Waals surface area contributed by atoms with Gasteiger partial charge in [0.2, 0.25) is 21.8 Å². The van der Waals surface area contributed by atoms with E-state index >= 15 is 0 Å². The first kappa shape index (κ1) is 89.4. The van der Waals surface area contributed by atoms with Gasteiger partial charge in [0, 0.05) is 80.0 Å². The molecule has 8 aromatic carbocycles. The lowest BCUT2D eigenvalue weighted by Gasteiger charge is -2.32. The van der Waals surface area contributed by atoms with E-state index in [0.717, 1.165) is 125 Å². The molecule has 8 aromatic heterocycles. The number of rotatable bonds is 20. The number of nitrogens with two attached hydrogens (primary N) is 4. The van der Waals surface area contributed by atoms with E-state index in [1.165, 1.54) is 35.7 Å². The number of anilines is 4. The molecule has 134 heavy (non-hydrogen) atoms. The fraction of sp³-hybridized carbons (Fsp3) is 0.210. The second-order valence-corrected chi connectivity index (χ2v) is 34.1. The van der Waals surface area contributed by atoms with Gasteiger partial charge < -0.3 is 56.6 Å². The van der Waals surface area contributed by atoms with Crippen molar-refractivity contribution < 1.29 is 41.7 Å². The van der Waals surface area contributed by atoms with Crippen molar-refractivity contribution in [3.8, 4) is 103 Å². The van der Waals surface area contributed by atoms with Gasteiger partial charge in [-0.1, -0.05) is 92.0 Å².